The summed E-state index contributed by atoms with van der Waals surface area (Å²) < 4.78 is 1.61. The van der Waals surface area contributed by atoms with Crippen molar-refractivity contribution in [1.29, 1.82) is 0 Å². The second kappa shape index (κ2) is 13.3. The molecule has 0 bridgehead atoms. The Hall–Kier alpha value is -5.11. The number of nitrogens with two attached hydrogens (primary N) is 2. The Balaban J connectivity index is 1.69. The SMILES string of the molecule is C=CCC(C/C=C\Cn1c(C(C)Nc2ncnc(N)c2C#CC2=NCCN=C2)nc2cccc(C)c2c1=O)C(N)=O. The molecule has 2 unspecified atom stereocenters. The number of amides is 1. The van der Waals surface area contributed by atoms with Crippen LogP contribution in [0.4, 0.5) is 11.6 Å². The first-order chi connectivity index (χ1) is 19.8. The maximum absolute atomic E-state index is 13.7. The van der Waals surface area contributed by atoms with Gasteiger partial charge in [-0.3, -0.25) is 24.1 Å². The fourth-order valence-corrected chi connectivity index (χ4v) is 4.44. The van der Waals surface area contributed by atoms with E-state index < -0.39 is 6.04 Å². The van der Waals surface area contributed by atoms with Gasteiger partial charge in [0.25, 0.3) is 5.56 Å². The van der Waals surface area contributed by atoms with Crippen molar-refractivity contribution in [3.8, 4) is 11.8 Å². The molecule has 0 radical (unpaired) electrons. The van der Waals surface area contributed by atoms with Crippen molar-refractivity contribution in [1.82, 2.24) is 19.5 Å². The predicted octanol–water partition coefficient (Wildman–Crippen LogP) is 2.75. The van der Waals surface area contributed by atoms with Crippen LogP contribution < -0.4 is 22.3 Å². The van der Waals surface area contributed by atoms with E-state index in [-0.39, 0.29) is 29.7 Å². The molecular formula is C30H33N9O2. The number of aromatic nitrogens is 4. The minimum Gasteiger partial charge on any atom is -0.382 e. The second-order valence-electron chi connectivity index (χ2n) is 9.59. The van der Waals surface area contributed by atoms with Crippen LogP contribution in [0.25, 0.3) is 10.9 Å². The van der Waals surface area contributed by atoms with Crippen molar-refractivity contribution >= 4 is 40.4 Å². The first-order valence-corrected chi connectivity index (χ1v) is 13.3. The summed E-state index contributed by atoms with van der Waals surface area (Å²) >= 11 is 0. The molecule has 0 spiro atoms. The number of nitrogens with zero attached hydrogens (tertiary/aromatic N) is 6. The molecule has 0 aliphatic carbocycles. The minimum atomic E-state index is -0.469. The van der Waals surface area contributed by atoms with Crippen molar-refractivity contribution in [2.45, 2.75) is 39.3 Å². The minimum absolute atomic E-state index is 0.171. The first kappa shape index (κ1) is 28.9. The third-order valence-electron chi connectivity index (χ3n) is 6.61. The lowest BCUT2D eigenvalue weighted by atomic mass is 10.0. The van der Waals surface area contributed by atoms with E-state index in [1.165, 1.54) is 6.33 Å². The standard InChI is InChI=1S/C30H33N9O2/c1-4-8-21(27(32)40)10-5-6-16-39-29(38-24-11-7-9-19(2)25(24)30(39)41)20(3)37-28-23(26(31)35-18-36-28)13-12-22-17-33-14-15-34-22/h4-7,9,11,17-18,20-21H,1,8,10,14-16H2,2-3H3,(H2,32,40)(H3,31,35,36,37)/b6-5-. The van der Waals surface area contributed by atoms with Gasteiger partial charge in [0.2, 0.25) is 5.91 Å². The van der Waals surface area contributed by atoms with Crippen LogP contribution in [0, 0.1) is 24.7 Å². The average Bonchev–Trinajstić information content (AvgIpc) is 2.95. The van der Waals surface area contributed by atoms with Crippen LogP contribution >= 0.6 is 0 Å². The molecule has 2 atom stereocenters. The van der Waals surface area contributed by atoms with Crippen LogP contribution in [0.2, 0.25) is 0 Å². The van der Waals surface area contributed by atoms with E-state index in [0.29, 0.717) is 59.8 Å². The van der Waals surface area contributed by atoms with E-state index in [0.717, 1.165) is 5.56 Å². The molecule has 4 rings (SSSR count). The smallest absolute Gasteiger partial charge is 0.262 e. The number of allylic oxidation sites excluding steroid dienone is 3. The van der Waals surface area contributed by atoms with Gasteiger partial charge in [-0.2, -0.15) is 0 Å². The number of primary amides is 1. The van der Waals surface area contributed by atoms with Crippen LogP contribution in [-0.4, -0.2) is 50.4 Å². The molecule has 1 amide bonds. The quantitative estimate of drug-likeness (QED) is 0.257. The third kappa shape index (κ3) is 6.91. The van der Waals surface area contributed by atoms with E-state index in [9.17, 15) is 9.59 Å². The number of aliphatic imine (C=N–C) groups is 2. The summed E-state index contributed by atoms with van der Waals surface area (Å²) in [6.45, 7) is 8.92. The highest BCUT2D eigenvalue weighted by atomic mass is 16.1. The van der Waals surface area contributed by atoms with Crippen LogP contribution in [0.3, 0.4) is 0 Å². The van der Waals surface area contributed by atoms with Gasteiger partial charge >= 0.3 is 0 Å². The van der Waals surface area contributed by atoms with Crippen LogP contribution in [-0.2, 0) is 11.3 Å². The lowest BCUT2D eigenvalue weighted by Gasteiger charge is -2.20. The molecule has 11 nitrogen and oxygen atoms in total. The summed E-state index contributed by atoms with van der Waals surface area (Å²) in [4.78, 5) is 47.3. The van der Waals surface area contributed by atoms with Gasteiger partial charge in [0, 0.05) is 12.5 Å². The lowest BCUT2D eigenvalue weighted by molar-refractivity contribution is -0.121. The van der Waals surface area contributed by atoms with Gasteiger partial charge in [-0.1, -0.05) is 36.3 Å². The average molecular weight is 552 g/mol. The van der Waals surface area contributed by atoms with Gasteiger partial charge in [0.1, 0.15) is 35.1 Å². The Bertz CT molecular complexity index is 1670. The van der Waals surface area contributed by atoms with Crippen molar-refractivity contribution in [3.05, 3.63) is 76.6 Å². The zero-order chi connectivity index (χ0) is 29.4. The van der Waals surface area contributed by atoms with E-state index >= 15 is 0 Å². The molecule has 3 heterocycles. The molecule has 0 saturated heterocycles. The van der Waals surface area contributed by atoms with E-state index in [2.05, 4.69) is 43.7 Å². The lowest BCUT2D eigenvalue weighted by Crippen LogP contribution is -2.29. The van der Waals surface area contributed by atoms with Crippen LogP contribution in [0.15, 0.2) is 64.1 Å². The number of hydrogen-bond acceptors (Lipinski definition) is 9. The highest BCUT2D eigenvalue weighted by Crippen LogP contribution is 2.23. The molecule has 210 valence electrons. The molecule has 5 N–H and O–H groups in total. The van der Waals surface area contributed by atoms with Crippen LogP contribution in [0.5, 0.6) is 0 Å². The maximum atomic E-state index is 13.7. The number of benzene rings is 1. The van der Waals surface area contributed by atoms with Gasteiger partial charge in [-0.05, 0) is 44.2 Å². The number of aryl methyl sites for hydroxylation is 1. The molecule has 3 aromatic rings. The summed E-state index contributed by atoms with van der Waals surface area (Å²) in [5.74, 6) is 6.35. The third-order valence-corrected chi connectivity index (χ3v) is 6.61. The molecule has 1 aliphatic heterocycles. The first-order valence-electron chi connectivity index (χ1n) is 13.3. The van der Waals surface area contributed by atoms with E-state index in [1.807, 2.05) is 44.2 Å². The topological polar surface area (TPSA) is 167 Å². The molecule has 0 saturated carbocycles. The molecule has 1 aromatic carbocycles. The number of anilines is 2. The number of rotatable bonds is 10. The summed E-state index contributed by atoms with van der Waals surface area (Å²) in [6.07, 6.45) is 9.26. The zero-order valence-electron chi connectivity index (χ0n) is 23.2. The van der Waals surface area contributed by atoms with Crippen molar-refractivity contribution < 1.29 is 4.79 Å². The number of nitrogens with one attached hydrogen (secondary N) is 1. The number of nitrogen functional groups attached to an aromatic ring is 1. The van der Waals surface area contributed by atoms with Gasteiger partial charge in [-0.15, -0.1) is 6.58 Å². The molecular weight excluding hydrogens is 518 g/mol. The summed E-state index contributed by atoms with van der Waals surface area (Å²) in [7, 11) is 0. The summed E-state index contributed by atoms with van der Waals surface area (Å²) in [5.41, 5.74) is 13.9. The Labute approximate surface area is 238 Å². The highest BCUT2D eigenvalue weighted by molar-refractivity contribution is 6.39. The molecule has 1 aliphatic rings. The second-order valence-corrected chi connectivity index (χ2v) is 9.59. The van der Waals surface area contributed by atoms with Gasteiger partial charge < -0.3 is 16.8 Å². The maximum Gasteiger partial charge on any atom is 0.262 e. The number of carbonyl (C=O) groups is 1. The van der Waals surface area contributed by atoms with E-state index in [4.69, 9.17) is 16.5 Å². The van der Waals surface area contributed by atoms with Crippen molar-refractivity contribution in [3.63, 3.8) is 0 Å². The largest absolute Gasteiger partial charge is 0.382 e. The van der Waals surface area contributed by atoms with Gasteiger partial charge in [0.15, 0.2) is 0 Å². The normalized spacial score (nSPS) is 14.2. The summed E-state index contributed by atoms with van der Waals surface area (Å²) in [5, 5.41) is 3.86. The Morgan fingerprint density at radius 3 is 2.78 bits per heavy atom. The zero-order valence-corrected chi connectivity index (χ0v) is 23.2. The molecule has 0 fully saturated rings. The monoisotopic (exact) mass is 551 g/mol. The highest BCUT2D eigenvalue weighted by Gasteiger charge is 2.19. The fraction of sp³-hybridized carbons (Fsp3) is 0.300. The van der Waals surface area contributed by atoms with Crippen molar-refractivity contribution in [2.24, 2.45) is 21.6 Å². The number of fused-ring (bicyclic) bond motifs is 1. The number of carbonyl (C=O) groups excluding carboxylic acids is 1. The fourth-order valence-electron chi connectivity index (χ4n) is 4.44. The van der Waals surface area contributed by atoms with Gasteiger partial charge in [-0.25, -0.2) is 15.0 Å². The Morgan fingerprint density at radius 1 is 1.22 bits per heavy atom. The van der Waals surface area contributed by atoms with Gasteiger partial charge in [0.05, 0.1) is 36.2 Å². The Morgan fingerprint density at radius 2 is 2.05 bits per heavy atom. The predicted molar refractivity (Wildman–Crippen MR) is 163 cm³/mol. The Kier molecular flexibility index (Phi) is 9.37. The van der Waals surface area contributed by atoms with Crippen LogP contribution in [0.1, 0.15) is 42.8 Å². The molecule has 41 heavy (non-hydrogen) atoms. The number of hydrogen-bond donors (Lipinski definition) is 3. The summed E-state index contributed by atoms with van der Waals surface area (Å²) in [6, 6.07) is 5.10. The van der Waals surface area contributed by atoms with E-state index in [1.54, 1.807) is 16.9 Å². The molecule has 2 aromatic heterocycles. The molecule has 11 heteroatoms. The van der Waals surface area contributed by atoms with Crippen molar-refractivity contribution in [2.75, 3.05) is 24.1 Å².